The number of hydrogen-bond donors (Lipinski definition) is 1. The average molecular weight is 426 g/mol. The van der Waals surface area contributed by atoms with Gasteiger partial charge < -0.3 is 14.6 Å². The number of anilines is 1. The highest BCUT2D eigenvalue weighted by molar-refractivity contribution is 7.92. The van der Waals surface area contributed by atoms with Gasteiger partial charge in [-0.2, -0.15) is 0 Å². The lowest BCUT2D eigenvalue weighted by molar-refractivity contribution is -0.127. The molecule has 30 heavy (non-hydrogen) atoms. The number of rotatable bonds is 5. The van der Waals surface area contributed by atoms with E-state index in [9.17, 15) is 13.2 Å². The third-order valence-electron chi connectivity index (χ3n) is 4.96. The third kappa shape index (κ3) is 3.88. The van der Waals surface area contributed by atoms with Crippen LogP contribution in [-0.4, -0.2) is 42.8 Å². The van der Waals surface area contributed by atoms with E-state index >= 15 is 0 Å². The molecule has 1 amide bonds. The van der Waals surface area contributed by atoms with E-state index in [0.29, 0.717) is 11.4 Å². The Bertz CT molecular complexity index is 1190. The number of hydrogen-bond acceptors (Lipinski definition) is 5. The minimum Gasteiger partial charge on any atom is -0.476 e. The van der Waals surface area contributed by atoms with Gasteiger partial charge in [-0.15, -0.1) is 0 Å². The fourth-order valence-corrected chi connectivity index (χ4v) is 4.39. The van der Waals surface area contributed by atoms with Gasteiger partial charge in [-0.05, 0) is 30.7 Å². The highest BCUT2D eigenvalue weighted by Gasteiger charge is 2.34. The molecule has 1 aliphatic heterocycles. The summed E-state index contributed by atoms with van der Waals surface area (Å²) < 4.78 is 33.4. The highest BCUT2D eigenvalue weighted by Crippen LogP contribution is 2.34. The molecule has 1 aliphatic rings. The van der Waals surface area contributed by atoms with Crippen molar-refractivity contribution in [2.75, 3.05) is 17.1 Å². The first-order valence-corrected chi connectivity index (χ1v) is 11.3. The number of carbonyl (C=O) groups is 1. The normalized spacial score (nSPS) is 15.9. The summed E-state index contributed by atoms with van der Waals surface area (Å²) in [5.41, 5.74) is 2.26. The second kappa shape index (κ2) is 7.83. The number of amides is 1. The molecular weight excluding hydrogens is 404 g/mol. The Hall–Kier alpha value is -3.33. The van der Waals surface area contributed by atoms with Crippen LogP contribution in [0.5, 0.6) is 5.75 Å². The number of aryl methyl sites for hydroxylation is 1. The Morgan fingerprint density at radius 3 is 2.57 bits per heavy atom. The zero-order chi connectivity index (χ0) is 21.3. The van der Waals surface area contributed by atoms with Gasteiger partial charge in [-0.1, -0.05) is 30.3 Å². The summed E-state index contributed by atoms with van der Waals surface area (Å²) in [5, 5.41) is 2.87. The molecule has 1 aromatic heterocycles. The van der Waals surface area contributed by atoms with E-state index in [-0.39, 0.29) is 19.0 Å². The molecule has 0 unspecified atom stereocenters. The van der Waals surface area contributed by atoms with Crippen LogP contribution >= 0.6 is 0 Å². The minimum atomic E-state index is -3.55. The van der Waals surface area contributed by atoms with Gasteiger partial charge in [0.15, 0.2) is 6.10 Å². The average Bonchev–Trinajstić information content (AvgIpc) is 3.16. The first-order valence-electron chi connectivity index (χ1n) is 9.44. The molecule has 0 saturated heterocycles. The van der Waals surface area contributed by atoms with Gasteiger partial charge in [0.25, 0.3) is 5.91 Å². The zero-order valence-corrected chi connectivity index (χ0v) is 17.5. The van der Waals surface area contributed by atoms with Crippen molar-refractivity contribution in [3.8, 4) is 11.4 Å². The molecule has 4 rings (SSSR count). The van der Waals surface area contributed by atoms with Gasteiger partial charge in [0, 0.05) is 18.9 Å². The number of ether oxygens (including phenoxy) is 1. The molecule has 3 aromatic rings. The molecule has 0 bridgehead atoms. The van der Waals surface area contributed by atoms with Crippen LogP contribution in [0.1, 0.15) is 11.4 Å². The maximum absolute atomic E-state index is 12.8. The Kier molecular flexibility index (Phi) is 5.21. The molecule has 8 nitrogen and oxygen atoms in total. The van der Waals surface area contributed by atoms with Crippen LogP contribution < -0.4 is 14.4 Å². The number of benzene rings is 2. The van der Waals surface area contributed by atoms with Crippen LogP contribution in [0.3, 0.4) is 0 Å². The van der Waals surface area contributed by atoms with Crippen molar-refractivity contribution in [1.82, 2.24) is 14.9 Å². The second-order valence-corrected chi connectivity index (χ2v) is 8.97. The molecule has 2 aromatic carbocycles. The van der Waals surface area contributed by atoms with E-state index in [4.69, 9.17) is 4.74 Å². The fraction of sp³-hybridized carbons (Fsp3) is 0.238. The number of nitrogens with zero attached hydrogens (tertiary/aromatic N) is 3. The second-order valence-electron chi connectivity index (χ2n) is 7.06. The van der Waals surface area contributed by atoms with Gasteiger partial charge in [0.05, 0.1) is 24.2 Å². The molecule has 1 atom stereocenters. The summed E-state index contributed by atoms with van der Waals surface area (Å²) in [4.78, 5) is 17.1. The van der Waals surface area contributed by atoms with E-state index < -0.39 is 16.1 Å². The molecule has 0 aliphatic carbocycles. The Morgan fingerprint density at radius 2 is 1.87 bits per heavy atom. The predicted octanol–water partition coefficient (Wildman–Crippen LogP) is 2.02. The zero-order valence-electron chi connectivity index (χ0n) is 16.6. The Labute approximate surface area is 175 Å². The molecule has 0 saturated carbocycles. The van der Waals surface area contributed by atoms with Gasteiger partial charge in [0.2, 0.25) is 10.0 Å². The van der Waals surface area contributed by atoms with Crippen molar-refractivity contribution in [1.29, 1.82) is 0 Å². The summed E-state index contributed by atoms with van der Waals surface area (Å²) >= 11 is 0. The first kappa shape index (κ1) is 20.0. The van der Waals surface area contributed by atoms with Crippen molar-refractivity contribution in [2.45, 2.75) is 19.6 Å². The summed E-state index contributed by atoms with van der Waals surface area (Å²) in [5.74, 6) is 0.823. The Balaban J connectivity index is 1.53. The van der Waals surface area contributed by atoms with E-state index in [1.165, 1.54) is 4.31 Å². The molecule has 0 radical (unpaired) electrons. The van der Waals surface area contributed by atoms with Gasteiger partial charge in [-0.25, -0.2) is 13.4 Å². The summed E-state index contributed by atoms with van der Waals surface area (Å²) in [6.07, 6.45) is 3.75. The molecule has 1 N–H and O–H groups in total. The van der Waals surface area contributed by atoms with Crippen molar-refractivity contribution in [3.63, 3.8) is 0 Å². The van der Waals surface area contributed by atoms with E-state index in [1.807, 2.05) is 42.0 Å². The lowest BCUT2D eigenvalue weighted by Gasteiger charge is -2.33. The molecule has 9 heteroatoms. The van der Waals surface area contributed by atoms with Crippen LogP contribution in [0.25, 0.3) is 5.69 Å². The predicted molar refractivity (Wildman–Crippen MR) is 113 cm³/mol. The van der Waals surface area contributed by atoms with Crippen LogP contribution in [-0.2, 0) is 21.4 Å². The SMILES string of the molecule is Cc1nccn1-c1ccccc1CNC(=O)[C@H]1CN(S(C)(=O)=O)c2ccccc2O1. The number of para-hydroxylation sites is 3. The monoisotopic (exact) mass is 426 g/mol. The topological polar surface area (TPSA) is 93.5 Å². The largest absolute Gasteiger partial charge is 0.476 e. The number of sulfonamides is 1. The molecule has 156 valence electrons. The number of fused-ring (bicyclic) bond motifs is 1. The maximum Gasteiger partial charge on any atom is 0.263 e. The van der Waals surface area contributed by atoms with Crippen LogP contribution in [0.4, 0.5) is 5.69 Å². The van der Waals surface area contributed by atoms with E-state index in [1.54, 1.807) is 30.5 Å². The quantitative estimate of drug-likeness (QED) is 0.674. The summed E-state index contributed by atoms with van der Waals surface area (Å²) in [7, 11) is -3.55. The molecule has 2 heterocycles. The molecule has 0 fully saturated rings. The van der Waals surface area contributed by atoms with Crippen molar-refractivity contribution >= 4 is 21.6 Å². The van der Waals surface area contributed by atoms with Gasteiger partial charge in [0.1, 0.15) is 11.6 Å². The highest BCUT2D eigenvalue weighted by atomic mass is 32.2. The smallest absolute Gasteiger partial charge is 0.263 e. The standard InChI is InChI=1S/C21H22N4O4S/c1-15-22-11-12-24(15)17-8-4-3-7-16(17)13-23-21(26)20-14-25(30(2,27)28)18-9-5-6-10-19(18)29-20/h3-12,20H,13-14H2,1-2H3,(H,23,26)/t20-/m1/s1. The van der Waals surface area contributed by atoms with Crippen LogP contribution in [0, 0.1) is 6.92 Å². The first-order chi connectivity index (χ1) is 14.3. The minimum absolute atomic E-state index is 0.0794. The summed E-state index contributed by atoms with van der Waals surface area (Å²) in [6.45, 7) is 2.10. The Morgan fingerprint density at radius 1 is 1.17 bits per heavy atom. The fourth-order valence-electron chi connectivity index (χ4n) is 3.48. The van der Waals surface area contributed by atoms with Crippen molar-refractivity contribution < 1.29 is 17.9 Å². The molecule has 0 spiro atoms. The summed E-state index contributed by atoms with van der Waals surface area (Å²) in [6, 6.07) is 14.5. The number of aromatic nitrogens is 2. The number of imidazole rings is 1. The lowest BCUT2D eigenvalue weighted by atomic mass is 10.1. The van der Waals surface area contributed by atoms with Crippen molar-refractivity contribution in [3.05, 3.63) is 72.3 Å². The van der Waals surface area contributed by atoms with E-state index in [2.05, 4.69) is 10.3 Å². The number of nitrogens with one attached hydrogen (secondary N) is 1. The van der Waals surface area contributed by atoms with Gasteiger partial charge in [-0.3, -0.25) is 9.10 Å². The van der Waals surface area contributed by atoms with Crippen molar-refractivity contribution in [2.24, 2.45) is 0 Å². The van der Waals surface area contributed by atoms with Gasteiger partial charge >= 0.3 is 0 Å². The molecular formula is C21H22N4O4S. The maximum atomic E-state index is 12.8. The number of carbonyl (C=O) groups excluding carboxylic acids is 1. The third-order valence-corrected chi connectivity index (χ3v) is 6.10. The lowest BCUT2D eigenvalue weighted by Crippen LogP contribution is -2.50. The van der Waals surface area contributed by atoms with E-state index in [0.717, 1.165) is 23.3 Å². The van der Waals surface area contributed by atoms with Crippen LogP contribution in [0.2, 0.25) is 0 Å². The van der Waals surface area contributed by atoms with Crippen LogP contribution in [0.15, 0.2) is 60.9 Å².